The Hall–Kier alpha value is -1.89. The Kier molecular flexibility index (Phi) is 6.64. The zero-order valence-corrected chi connectivity index (χ0v) is 21.4. The number of nitrogens with one attached hydrogen (secondary N) is 1. The van der Waals surface area contributed by atoms with E-state index in [1.807, 2.05) is 0 Å². The van der Waals surface area contributed by atoms with Crippen LogP contribution in [-0.2, 0) is 14.4 Å². The van der Waals surface area contributed by atoms with Crippen LogP contribution in [0, 0.1) is 34.5 Å². The van der Waals surface area contributed by atoms with Crippen molar-refractivity contribution < 1.29 is 24.6 Å². The van der Waals surface area contributed by atoms with Crippen LogP contribution >= 0.6 is 0 Å². The van der Waals surface area contributed by atoms with Gasteiger partial charge in [-0.25, -0.2) is 4.79 Å². The van der Waals surface area contributed by atoms with Gasteiger partial charge in [-0.15, -0.1) is 0 Å². The fourth-order valence-corrected chi connectivity index (χ4v) is 7.79. The third-order valence-corrected chi connectivity index (χ3v) is 10.2. The Morgan fingerprint density at radius 1 is 1.12 bits per heavy atom. The summed E-state index contributed by atoms with van der Waals surface area (Å²) >= 11 is 0. The van der Waals surface area contributed by atoms with E-state index in [9.17, 15) is 19.8 Å². The van der Waals surface area contributed by atoms with Gasteiger partial charge in [-0.2, -0.15) is 0 Å². The van der Waals surface area contributed by atoms with E-state index in [1.165, 1.54) is 18.4 Å². The normalized spacial score (nSPS) is 41.2. The van der Waals surface area contributed by atoms with Crippen LogP contribution in [-0.4, -0.2) is 46.1 Å². The number of hydrogen-bond donors (Lipinski definition) is 3. The van der Waals surface area contributed by atoms with Crippen molar-refractivity contribution >= 4 is 17.6 Å². The minimum atomic E-state index is -1.05. The summed E-state index contributed by atoms with van der Waals surface area (Å²) in [5.74, 6) is 0.199. The highest BCUT2D eigenvalue weighted by Gasteiger charge is 2.62. The lowest BCUT2D eigenvalue weighted by atomic mass is 9.46. The molecule has 190 valence electrons. The molecule has 0 aromatic heterocycles. The Morgan fingerprint density at radius 2 is 1.82 bits per heavy atom. The minimum Gasteiger partial charge on any atom is -0.480 e. The molecule has 0 heterocycles. The number of allylic oxidation sites excluding steroid dienone is 2. The van der Waals surface area contributed by atoms with Crippen molar-refractivity contribution in [2.45, 2.75) is 97.6 Å². The molecule has 0 aromatic rings. The van der Waals surface area contributed by atoms with Gasteiger partial charge in [0.2, 0.25) is 0 Å². The third kappa shape index (κ3) is 4.18. The van der Waals surface area contributed by atoms with Crippen LogP contribution in [0.25, 0.3) is 0 Å². The monoisotopic (exact) mass is 474 g/mol. The van der Waals surface area contributed by atoms with Crippen LogP contribution in [0.4, 0.5) is 0 Å². The molecule has 0 aromatic carbocycles. The fourth-order valence-electron chi connectivity index (χ4n) is 7.79. The molecule has 0 saturated heterocycles. The first-order valence-corrected chi connectivity index (χ1v) is 13.0. The number of amides is 1. The number of carbonyl (C=O) groups is 2. The summed E-state index contributed by atoms with van der Waals surface area (Å²) in [5.41, 5.74) is 1.97. The number of nitrogens with zero attached hydrogens (tertiary/aromatic N) is 1. The van der Waals surface area contributed by atoms with E-state index < -0.39 is 23.5 Å². The zero-order valence-electron chi connectivity index (χ0n) is 21.4. The summed E-state index contributed by atoms with van der Waals surface area (Å²) in [4.78, 5) is 28.7. The van der Waals surface area contributed by atoms with Crippen LogP contribution < -0.4 is 5.32 Å². The standard InChI is InChI=1S/C27H42N2O5/c1-16(2)23(24(31)32)28-22(30)15-34-29-18-8-11-25(3)17(14-18)6-7-19-20(25)9-12-26(4)21(19)10-13-27(26,5)33/h14,16,19-21,23,33H,6-13,15H2,1-5H3,(H,28,30)(H,31,32)/t19-,20+,21+,23-,25+,26+,27+/m1/s1. The lowest BCUT2D eigenvalue weighted by Crippen LogP contribution is -2.53. The molecule has 7 nitrogen and oxygen atoms in total. The van der Waals surface area contributed by atoms with Crippen molar-refractivity contribution in [1.29, 1.82) is 0 Å². The second-order valence-electron chi connectivity index (χ2n) is 12.3. The molecule has 3 N–H and O–H groups in total. The molecule has 0 unspecified atom stereocenters. The number of carbonyl (C=O) groups excluding carboxylic acids is 1. The number of aliphatic carboxylic acids is 1. The van der Waals surface area contributed by atoms with E-state index in [0.29, 0.717) is 17.8 Å². The quantitative estimate of drug-likeness (QED) is 0.498. The summed E-state index contributed by atoms with van der Waals surface area (Å²) in [6.45, 7) is 10.0. The molecule has 4 rings (SSSR count). The van der Waals surface area contributed by atoms with Crippen molar-refractivity contribution in [3.8, 4) is 0 Å². The van der Waals surface area contributed by atoms with Gasteiger partial charge >= 0.3 is 5.97 Å². The number of carboxylic acids is 1. The van der Waals surface area contributed by atoms with Gasteiger partial charge in [-0.3, -0.25) is 4.79 Å². The number of aliphatic hydroxyl groups is 1. The molecule has 4 aliphatic carbocycles. The maximum Gasteiger partial charge on any atom is 0.326 e. The summed E-state index contributed by atoms with van der Waals surface area (Å²) in [6.07, 6.45) is 10.6. The van der Waals surface area contributed by atoms with Gasteiger partial charge < -0.3 is 20.4 Å². The topological polar surface area (TPSA) is 108 Å². The predicted octanol–water partition coefficient (Wildman–Crippen LogP) is 4.30. The first kappa shape index (κ1) is 25.2. The zero-order chi connectivity index (χ0) is 24.9. The smallest absolute Gasteiger partial charge is 0.326 e. The second kappa shape index (κ2) is 8.96. The maximum absolute atomic E-state index is 12.1. The van der Waals surface area contributed by atoms with E-state index in [-0.39, 0.29) is 23.4 Å². The lowest BCUT2D eigenvalue weighted by molar-refractivity contribution is -0.143. The van der Waals surface area contributed by atoms with Crippen LogP contribution in [0.2, 0.25) is 0 Å². The molecule has 3 fully saturated rings. The van der Waals surface area contributed by atoms with E-state index in [0.717, 1.165) is 44.2 Å². The molecular weight excluding hydrogens is 432 g/mol. The molecule has 0 aliphatic heterocycles. The van der Waals surface area contributed by atoms with Crippen molar-refractivity contribution in [1.82, 2.24) is 5.32 Å². The maximum atomic E-state index is 12.1. The first-order valence-electron chi connectivity index (χ1n) is 13.0. The molecule has 0 bridgehead atoms. The van der Waals surface area contributed by atoms with Gasteiger partial charge in [0, 0.05) is 0 Å². The van der Waals surface area contributed by atoms with Crippen molar-refractivity contribution in [2.75, 3.05) is 6.61 Å². The third-order valence-electron chi connectivity index (χ3n) is 10.2. The van der Waals surface area contributed by atoms with E-state index in [2.05, 4.69) is 37.3 Å². The summed E-state index contributed by atoms with van der Waals surface area (Å²) < 4.78 is 0. The summed E-state index contributed by atoms with van der Waals surface area (Å²) in [6, 6.07) is -0.933. The van der Waals surface area contributed by atoms with Gasteiger partial charge in [-0.05, 0) is 98.9 Å². The van der Waals surface area contributed by atoms with Gasteiger partial charge in [0.05, 0.1) is 11.3 Å². The SMILES string of the molecule is CC(C)[C@@H](NC(=O)CON=C1C=C2CC[C@@H]3[C@H](CC[C@@]4(C)[C@H]3CC[C@]4(C)O)[C@@]2(C)CC1)C(=O)O. The largest absolute Gasteiger partial charge is 0.480 e. The number of rotatable bonds is 6. The average molecular weight is 475 g/mol. The Balaban J connectivity index is 1.40. The molecular formula is C27H42N2O5. The van der Waals surface area contributed by atoms with E-state index in [4.69, 9.17) is 4.84 Å². The number of fused-ring (bicyclic) bond motifs is 5. The first-order chi connectivity index (χ1) is 15.9. The highest BCUT2D eigenvalue weighted by molar-refractivity contribution is 5.96. The van der Waals surface area contributed by atoms with E-state index in [1.54, 1.807) is 13.8 Å². The Labute approximate surface area is 203 Å². The predicted molar refractivity (Wildman–Crippen MR) is 130 cm³/mol. The molecule has 0 radical (unpaired) electrons. The number of oxime groups is 1. The van der Waals surface area contributed by atoms with Crippen LogP contribution in [0.15, 0.2) is 16.8 Å². The van der Waals surface area contributed by atoms with Crippen LogP contribution in [0.1, 0.15) is 86.0 Å². The highest BCUT2D eigenvalue weighted by Crippen LogP contribution is 2.67. The van der Waals surface area contributed by atoms with Gasteiger partial charge in [0.1, 0.15) is 6.04 Å². The fraction of sp³-hybridized carbons (Fsp3) is 0.815. The second-order valence-corrected chi connectivity index (χ2v) is 12.3. The molecule has 1 amide bonds. The lowest BCUT2D eigenvalue weighted by Gasteiger charge is -2.59. The molecule has 7 atom stereocenters. The average Bonchev–Trinajstić information content (AvgIpc) is 3.00. The van der Waals surface area contributed by atoms with Gasteiger partial charge in [0.25, 0.3) is 5.91 Å². The Bertz CT molecular complexity index is 893. The number of carboxylic acid groups (broad SMARTS) is 1. The van der Waals surface area contributed by atoms with Crippen molar-refractivity contribution in [2.24, 2.45) is 39.7 Å². The van der Waals surface area contributed by atoms with Gasteiger partial charge in [-0.1, -0.05) is 38.4 Å². The molecule has 0 spiro atoms. The van der Waals surface area contributed by atoms with Crippen molar-refractivity contribution in [3.63, 3.8) is 0 Å². The summed E-state index contributed by atoms with van der Waals surface area (Å²) in [5, 5.41) is 27.0. The highest BCUT2D eigenvalue weighted by atomic mass is 16.6. The molecule has 4 aliphatic rings. The molecule has 3 saturated carbocycles. The minimum absolute atomic E-state index is 0.0384. The van der Waals surface area contributed by atoms with Gasteiger partial charge in [0.15, 0.2) is 6.61 Å². The summed E-state index contributed by atoms with van der Waals surface area (Å²) in [7, 11) is 0. The van der Waals surface area contributed by atoms with Crippen LogP contribution in [0.3, 0.4) is 0 Å². The van der Waals surface area contributed by atoms with Crippen molar-refractivity contribution in [3.05, 3.63) is 11.6 Å². The van der Waals surface area contributed by atoms with E-state index >= 15 is 0 Å². The Morgan fingerprint density at radius 3 is 2.50 bits per heavy atom. The van der Waals surface area contributed by atoms with Crippen LogP contribution in [0.5, 0.6) is 0 Å². The number of hydrogen-bond acceptors (Lipinski definition) is 5. The molecule has 7 heteroatoms. The molecule has 34 heavy (non-hydrogen) atoms.